The van der Waals surface area contributed by atoms with Gasteiger partial charge in [-0.1, -0.05) is 48.0 Å². The summed E-state index contributed by atoms with van der Waals surface area (Å²) in [6.07, 6.45) is 0. The quantitative estimate of drug-likeness (QED) is 0.526. The van der Waals surface area contributed by atoms with Crippen LogP contribution in [-0.4, -0.2) is 20.0 Å². The molecule has 0 N–H and O–H groups in total. The van der Waals surface area contributed by atoms with Gasteiger partial charge in [-0.15, -0.1) is 0 Å². The highest BCUT2D eigenvalue weighted by molar-refractivity contribution is 7.91. The fourth-order valence-electron chi connectivity index (χ4n) is 3.08. The van der Waals surface area contributed by atoms with Crippen molar-refractivity contribution < 1.29 is 18.0 Å². The summed E-state index contributed by atoms with van der Waals surface area (Å²) in [7, 11) is -3.99. The largest absolute Gasteiger partial charge is 0.289 e. The second-order valence-corrected chi connectivity index (χ2v) is 8.19. The Morgan fingerprint density at radius 3 is 1.88 bits per heavy atom. The summed E-state index contributed by atoms with van der Waals surface area (Å²) in [5.41, 5.74) is 0.518. The molecule has 1 aliphatic carbocycles. The lowest BCUT2D eigenvalue weighted by atomic mass is 9.84. The van der Waals surface area contributed by atoms with Crippen LogP contribution in [0.4, 0.5) is 0 Å². The summed E-state index contributed by atoms with van der Waals surface area (Å²) < 4.78 is 26.1. The second-order valence-electron chi connectivity index (χ2n) is 5.84. The fourth-order valence-corrected chi connectivity index (χ4v) is 4.68. The first kappa shape index (κ1) is 16.7. The van der Waals surface area contributed by atoms with E-state index in [4.69, 9.17) is 11.6 Å². The van der Waals surface area contributed by atoms with Crippen molar-refractivity contribution in [2.24, 2.45) is 0 Å². The predicted molar refractivity (Wildman–Crippen MR) is 96.7 cm³/mol. The van der Waals surface area contributed by atoms with Crippen LogP contribution in [0.3, 0.4) is 0 Å². The molecule has 0 fully saturated rings. The van der Waals surface area contributed by atoms with Gasteiger partial charge < -0.3 is 0 Å². The Morgan fingerprint density at radius 1 is 0.654 bits per heavy atom. The first-order valence-electron chi connectivity index (χ1n) is 7.73. The molecule has 4 rings (SSSR count). The summed E-state index contributed by atoms with van der Waals surface area (Å²) in [6, 6.07) is 16.4. The SMILES string of the molecule is O=C1c2ccccc2C(=O)c2c1cccc2S(=O)(=O)c1ccc(Cl)cc1. The van der Waals surface area contributed by atoms with Gasteiger partial charge >= 0.3 is 0 Å². The molecular formula is C20H11ClO4S. The molecular weight excluding hydrogens is 372 g/mol. The van der Waals surface area contributed by atoms with Crippen molar-refractivity contribution in [3.63, 3.8) is 0 Å². The van der Waals surface area contributed by atoms with Gasteiger partial charge in [0.1, 0.15) is 0 Å². The average Bonchev–Trinajstić information content (AvgIpc) is 2.66. The van der Waals surface area contributed by atoms with E-state index < -0.39 is 15.6 Å². The number of carbonyl (C=O) groups is 2. The Bertz CT molecular complexity index is 1180. The molecule has 0 bridgehead atoms. The van der Waals surface area contributed by atoms with Crippen molar-refractivity contribution >= 4 is 33.0 Å². The van der Waals surface area contributed by atoms with Gasteiger partial charge in [-0.3, -0.25) is 9.59 Å². The number of benzene rings is 3. The van der Waals surface area contributed by atoms with Crippen LogP contribution in [0.1, 0.15) is 31.8 Å². The Kier molecular flexibility index (Phi) is 3.79. The van der Waals surface area contributed by atoms with E-state index in [-0.39, 0.29) is 37.8 Å². The van der Waals surface area contributed by atoms with Crippen LogP contribution in [0, 0.1) is 0 Å². The first-order valence-corrected chi connectivity index (χ1v) is 9.59. The second kappa shape index (κ2) is 5.90. The Balaban J connectivity index is 1.98. The standard InChI is InChI=1S/C20H11ClO4S/c21-12-8-10-13(11-9-12)26(24,25)17-7-3-6-16-18(17)20(23)15-5-2-1-4-14(15)19(16)22/h1-11H. The third-order valence-electron chi connectivity index (χ3n) is 4.33. The number of halogens is 1. The third-order valence-corrected chi connectivity index (χ3v) is 6.39. The van der Waals surface area contributed by atoms with E-state index in [1.807, 2.05) is 0 Å². The maximum Gasteiger partial charge on any atom is 0.207 e. The highest BCUT2D eigenvalue weighted by Crippen LogP contribution is 2.34. The molecule has 4 nitrogen and oxygen atoms in total. The molecule has 3 aromatic carbocycles. The minimum Gasteiger partial charge on any atom is -0.289 e. The zero-order valence-electron chi connectivity index (χ0n) is 13.3. The molecule has 6 heteroatoms. The van der Waals surface area contributed by atoms with Crippen molar-refractivity contribution in [3.05, 3.63) is 94.0 Å². The van der Waals surface area contributed by atoms with Crippen LogP contribution in [0.25, 0.3) is 0 Å². The lowest BCUT2D eigenvalue weighted by Gasteiger charge is -2.20. The van der Waals surface area contributed by atoms with E-state index in [1.54, 1.807) is 18.2 Å². The molecule has 1 aliphatic rings. The van der Waals surface area contributed by atoms with Gasteiger partial charge in [0.15, 0.2) is 11.6 Å². The smallest absolute Gasteiger partial charge is 0.207 e. The highest BCUT2D eigenvalue weighted by atomic mass is 35.5. The maximum atomic E-state index is 13.1. The van der Waals surface area contributed by atoms with Gasteiger partial charge in [0.05, 0.1) is 15.4 Å². The van der Waals surface area contributed by atoms with Crippen LogP contribution < -0.4 is 0 Å². The van der Waals surface area contributed by atoms with E-state index in [0.717, 1.165) is 0 Å². The molecule has 0 spiro atoms. The number of ketones is 2. The molecule has 128 valence electrons. The van der Waals surface area contributed by atoms with Crippen LogP contribution >= 0.6 is 11.6 Å². The van der Waals surface area contributed by atoms with Crippen molar-refractivity contribution in [2.75, 3.05) is 0 Å². The molecule has 0 aromatic heterocycles. The summed E-state index contributed by atoms with van der Waals surface area (Å²) in [4.78, 5) is 25.6. The lowest BCUT2D eigenvalue weighted by molar-refractivity contribution is 0.0976. The number of hydrogen-bond acceptors (Lipinski definition) is 4. The number of fused-ring (bicyclic) bond motifs is 2. The molecule has 0 saturated carbocycles. The predicted octanol–water partition coefficient (Wildman–Crippen LogP) is 3.95. The van der Waals surface area contributed by atoms with Crippen LogP contribution in [0.5, 0.6) is 0 Å². The van der Waals surface area contributed by atoms with Gasteiger partial charge in [-0.25, -0.2) is 8.42 Å². The molecule has 26 heavy (non-hydrogen) atoms. The highest BCUT2D eigenvalue weighted by Gasteiger charge is 2.35. The van der Waals surface area contributed by atoms with E-state index >= 15 is 0 Å². The van der Waals surface area contributed by atoms with Crippen molar-refractivity contribution in [1.29, 1.82) is 0 Å². The summed E-state index contributed by atoms with van der Waals surface area (Å²) in [6.45, 7) is 0. The summed E-state index contributed by atoms with van der Waals surface area (Å²) >= 11 is 5.83. The van der Waals surface area contributed by atoms with Gasteiger partial charge in [0, 0.05) is 21.7 Å². The molecule has 0 radical (unpaired) electrons. The number of rotatable bonds is 2. The van der Waals surface area contributed by atoms with E-state index in [2.05, 4.69) is 0 Å². The third kappa shape index (κ3) is 2.40. The van der Waals surface area contributed by atoms with Gasteiger partial charge in [-0.2, -0.15) is 0 Å². The van der Waals surface area contributed by atoms with Crippen LogP contribution in [0.15, 0.2) is 76.5 Å². The van der Waals surface area contributed by atoms with Crippen molar-refractivity contribution in [1.82, 2.24) is 0 Å². The molecule has 0 atom stereocenters. The van der Waals surface area contributed by atoms with E-state index in [1.165, 1.54) is 48.5 Å². The zero-order valence-corrected chi connectivity index (χ0v) is 14.8. The Morgan fingerprint density at radius 2 is 1.23 bits per heavy atom. The molecule has 0 heterocycles. The number of carbonyl (C=O) groups excluding carboxylic acids is 2. The Labute approximate surface area is 155 Å². The monoisotopic (exact) mass is 382 g/mol. The van der Waals surface area contributed by atoms with Gasteiger partial charge in [-0.05, 0) is 30.3 Å². The van der Waals surface area contributed by atoms with Crippen LogP contribution in [-0.2, 0) is 9.84 Å². The molecule has 3 aromatic rings. The van der Waals surface area contributed by atoms with Crippen molar-refractivity contribution in [3.8, 4) is 0 Å². The molecule has 0 aliphatic heterocycles. The lowest BCUT2D eigenvalue weighted by Crippen LogP contribution is -2.23. The van der Waals surface area contributed by atoms with Crippen LogP contribution in [0.2, 0.25) is 5.02 Å². The fraction of sp³-hybridized carbons (Fsp3) is 0. The normalized spacial score (nSPS) is 13.3. The van der Waals surface area contributed by atoms with Crippen molar-refractivity contribution in [2.45, 2.75) is 9.79 Å². The minimum absolute atomic E-state index is 0.00871. The average molecular weight is 383 g/mol. The molecule has 0 saturated heterocycles. The minimum atomic E-state index is -3.99. The first-order chi connectivity index (χ1) is 12.4. The van der Waals surface area contributed by atoms with E-state index in [9.17, 15) is 18.0 Å². The number of hydrogen-bond donors (Lipinski definition) is 0. The van der Waals surface area contributed by atoms with Gasteiger partial charge in [0.2, 0.25) is 9.84 Å². The Hall–Kier alpha value is -2.76. The van der Waals surface area contributed by atoms with E-state index in [0.29, 0.717) is 5.02 Å². The summed E-state index contributed by atoms with van der Waals surface area (Å²) in [5.74, 6) is -0.827. The topological polar surface area (TPSA) is 68.3 Å². The number of sulfone groups is 1. The van der Waals surface area contributed by atoms with Gasteiger partial charge in [0.25, 0.3) is 0 Å². The zero-order chi connectivity index (χ0) is 18.5. The summed E-state index contributed by atoms with van der Waals surface area (Å²) in [5, 5.41) is 0.402. The molecule has 0 amide bonds. The maximum absolute atomic E-state index is 13.1. The molecule has 0 unspecified atom stereocenters.